The van der Waals surface area contributed by atoms with Crippen LogP contribution in [0.2, 0.25) is 0 Å². The Labute approximate surface area is 169 Å². The van der Waals surface area contributed by atoms with Crippen LogP contribution in [-0.2, 0) is 16.0 Å². The van der Waals surface area contributed by atoms with Crippen molar-refractivity contribution < 1.29 is 19.4 Å². The minimum absolute atomic E-state index is 0.0831. The van der Waals surface area contributed by atoms with Crippen molar-refractivity contribution in [3.05, 3.63) is 71.5 Å². The van der Waals surface area contributed by atoms with Crippen LogP contribution < -0.4 is 15.4 Å². The predicted molar refractivity (Wildman–Crippen MR) is 113 cm³/mol. The highest BCUT2D eigenvalue weighted by Gasteiger charge is 2.16. The molecule has 0 saturated heterocycles. The molecule has 0 aliphatic heterocycles. The number of aldehydes is 1. The Morgan fingerprint density at radius 1 is 1.24 bits per heavy atom. The number of carbonyl (C=O) groups is 2. The van der Waals surface area contributed by atoms with Crippen molar-refractivity contribution in [1.29, 1.82) is 5.41 Å². The molecule has 2 aromatic carbocycles. The molecule has 7 nitrogen and oxygen atoms in total. The van der Waals surface area contributed by atoms with Gasteiger partial charge in [-0.1, -0.05) is 42.0 Å². The number of nitrogens with one attached hydrogen (secondary N) is 3. The predicted octanol–water partition coefficient (Wildman–Crippen LogP) is 2.80. The van der Waals surface area contributed by atoms with Crippen molar-refractivity contribution in [3.8, 4) is 5.75 Å². The van der Waals surface area contributed by atoms with Gasteiger partial charge in [-0.25, -0.2) is 0 Å². The van der Waals surface area contributed by atoms with Crippen molar-refractivity contribution in [2.24, 2.45) is 0 Å². The number of aliphatic hydroxyl groups excluding tert-OH is 1. The molecule has 0 aliphatic carbocycles. The fourth-order valence-electron chi connectivity index (χ4n) is 2.65. The number of amides is 1. The van der Waals surface area contributed by atoms with Crippen LogP contribution in [0.1, 0.15) is 11.1 Å². The molecule has 0 bridgehead atoms. The zero-order valence-electron chi connectivity index (χ0n) is 16.4. The quantitative estimate of drug-likeness (QED) is 0.281. The first-order valence-electron chi connectivity index (χ1n) is 9.12. The highest BCUT2D eigenvalue weighted by atomic mass is 16.5. The number of para-hydroxylation sites is 2. The standard InChI is InChI=1S/C22H25N3O4/c1-15-6-5-7-16(10-15)11-18(27)12-19(23)22(28)25-17(13-26)14-29-21-9-4-3-8-20(21)24-2/h3-10,12-13,17,23-24,27H,11,14H2,1-2H3,(H,25,28)/b18-12-,23-19?/t17-/m1/s1. The van der Waals surface area contributed by atoms with Gasteiger partial charge < -0.3 is 25.3 Å². The zero-order chi connectivity index (χ0) is 21.2. The third-order valence-corrected chi connectivity index (χ3v) is 4.08. The van der Waals surface area contributed by atoms with Gasteiger partial charge in [0, 0.05) is 19.5 Å². The lowest BCUT2D eigenvalue weighted by molar-refractivity contribution is -0.119. The molecule has 0 spiro atoms. The van der Waals surface area contributed by atoms with Crippen LogP contribution in [0.25, 0.3) is 0 Å². The number of aliphatic hydroxyl groups is 1. The monoisotopic (exact) mass is 395 g/mol. The molecular formula is C22H25N3O4. The van der Waals surface area contributed by atoms with E-state index in [4.69, 9.17) is 10.1 Å². The number of hydrogen-bond donors (Lipinski definition) is 4. The molecule has 0 fully saturated rings. The highest BCUT2D eigenvalue weighted by molar-refractivity contribution is 6.42. The molecule has 0 radical (unpaired) electrons. The number of benzene rings is 2. The summed E-state index contributed by atoms with van der Waals surface area (Å²) in [5, 5.41) is 23.3. The van der Waals surface area contributed by atoms with E-state index in [2.05, 4.69) is 10.6 Å². The number of allylic oxidation sites excluding steroid dienone is 1. The van der Waals surface area contributed by atoms with Crippen LogP contribution in [0.3, 0.4) is 0 Å². The van der Waals surface area contributed by atoms with Gasteiger partial charge in [-0.2, -0.15) is 0 Å². The van der Waals surface area contributed by atoms with Crippen molar-refractivity contribution >= 4 is 23.6 Å². The summed E-state index contributed by atoms with van der Waals surface area (Å²) in [5.41, 5.74) is 2.23. The molecule has 29 heavy (non-hydrogen) atoms. The Kier molecular flexibility index (Phi) is 7.97. The highest BCUT2D eigenvalue weighted by Crippen LogP contribution is 2.22. The number of aryl methyl sites for hydroxylation is 1. The van der Waals surface area contributed by atoms with Gasteiger partial charge in [0.25, 0.3) is 5.91 Å². The lowest BCUT2D eigenvalue weighted by Gasteiger charge is -2.15. The second kappa shape index (κ2) is 10.7. The van der Waals surface area contributed by atoms with E-state index >= 15 is 0 Å². The van der Waals surface area contributed by atoms with Gasteiger partial charge in [0.05, 0.1) is 11.4 Å². The van der Waals surface area contributed by atoms with Gasteiger partial charge >= 0.3 is 0 Å². The number of anilines is 1. The lowest BCUT2D eigenvalue weighted by Crippen LogP contribution is -2.43. The first-order valence-corrected chi connectivity index (χ1v) is 9.12. The summed E-state index contributed by atoms with van der Waals surface area (Å²) in [4.78, 5) is 23.5. The van der Waals surface area contributed by atoms with Crippen LogP contribution in [0.4, 0.5) is 5.69 Å². The normalized spacial score (nSPS) is 12.0. The van der Waals surface area contributed by atoms with Crippen molar-refractivity contribution in [2.45, 2.75) is 19.4 Å². The van der Waals surface area contributed by atoms with Gasteiger partial charge in [0.15, 0.2) is 0 Å². The topological polar surface area (TPSA) is 112 Å². The van der Waals surface area contributed by atoms with E-state index < -0.39 is 17.7 Å². The number of ether oxygens (including phenoxy) is 1. The summed E-state index contributed by atoms with van der Waals surface area (Å²) in [6.45, 7) is 1.86. The number of hydrogen-bond acceptors (Lipinski definition) is 6. The molecule has 0 saturated carbocycles. The molecule has 0 aromatic heterocycles. The van der Waals surface area contributed by atoms with Crippen LogP contribution in [0, 0.1) is 12.3 Å². The van der Waals surface area contributed by atoms with Crippen LogP contribution in [0.5, 0.6) is 5.75 Å². The van der Waals surface area contributed by atoms with E-state index in [9.17, 15) is 14.7 Å². The van der Waals surface area contributed by atoms with Gasteiger partial charge in [-0.05, 0) is 24.6 Å². The second-order valence-electron chi connectivity index (χ2n) is 6.49. The second-order valence-corrected chi connectivity index (χ2v) is 6.49. The van der Waals surface area contributed by atoms with E-state index in [1.54, 1.807) is 19.2 Å². The van der Waals surface area contributed by atoms with E-state index in [1.165, 1.54) is 0 Å². The minimum Gasteiger partial charge on any atom is -0.512 e. The third-order valence-electron chi connectivity index (χ3n) is 4.08. The van der Waals surface area contributed by atoms with E-state index in [0.29, 0.717) is 12.0 Å². The summed E-state index contributed by atoms with van der Waals surface area (Å²) in [5.74, 6) is -0.345. The summed E-state index contributed by atoms with van der Waals surface area (Å²) in [7, 11) is 1.75. The van der Waals surface area contributed by atoms with Crippen molar-refractivity contribution in [3.63, 3.8) is 0 Å². The zero-order valence-corrected chi connectivity index (χ0v) is 16.4. The summed E-state index contributed by atoms with van der Waals surface area (Å²) >= 11 is 0. The fourth-order valence-corrected chi connectivity index (χ4v) is 2.65. The average Bonchev–Trinajstić information content (AvgIpc) is 2.70. The lowest BCUT2D eigenvalue weighted by atomic mass is 10.1. The maximum atomic E-state index is 12.2. The molecule has 4 N–H and O–H groups in total. The molecule has 0 aliphatic rings. The smallest absolute Gasteiger partial charge is 0.269 e. The molecule has 2 rings (SSSR count). The Morgan fingerprint density at radius 3 is 2.69 bits per heavy atom. The maximum Gasteiger partial charge on any atom is 0.269 e. The van der Waals surface area contributed by atoms with E-state index in [-0.39, 0.29) is 18.8 Å². The molecule has 0 unspecified atom stereocenters. The molecule has 1 amide bonds. The van der Waals surface area contributed by atoms with Crippen LogP contribution in [-0.4, -0.2) is 42.7 Å². The molecule has 0 heterocycles. The Hall–Kier alpha value is -3.61. The summed E-state index contributed by atoms with van der Waals surface area (Å²) in [6, 6.07) is 13.8. The molecular weight excluding hydrogens is 370 g/mol. The first kappa shape index (κ1) is 21.7. The molecule has 7 heteroatoms. The Bertz CT molecular complexity index is 908. The van der Waals surface area contributed by atoms with Crippen LogP contribution >= 0.6 is 0 Å². The van der Waals surface area contributed by atoms with Crippen molar-refractivity contribution in [1.82, 2.24) is 5.32 Å². The number of rotatable bonds is 10. The Balaban J connectivity index is 1.92. The van der Waals surface area contributed by atoms with Gasteiger partial charge in [0.2, 0.25) is 0 Å². The molecule has 1 atom stereocenters. The Morgan fingerprint density at radius 2 is 2.00 bits per heavy atom. The van der Waals surface area contributed by atoms with Crippen LogP contribution in [0.15, 0.2) is 60.4 Å². The molecule has 2 aromatic rings. The summed E-state index contributed by atoms with van der Waals surface area (Å²) in [6.07, 6.45) is 1.83. The maximum absolute atomic E-state index is 12.2. The molecule has 152 valence electrons. The largest absolute Gasteiger partial charge is 0.512 e. The summed E-state index contributed by atoms with van der Waals surface area (Å²) < 4.78 is 5.59. The van der Waals surface area contributed by atoms with E-state index in [0.717, 1.165) is 22.9 Å². The van der Waals surface area contributed by atoms with Gasteiger partial charge in [0.1, 0.15) is 30.4 Å². The van der Waals surface area contributed by atoms with Gasteiger partial charge in [-0.3, -0.25) is 10.2 Å². The van der Waals surface area contributed by atoms with Gasteiger partial charge in [-0.15, -0.1) is 0 Å². The fraction of sp³-hybridized carbons (Fsp3) is 0.227. The average molecular weight is 395 g/mol. The minimum atomic E-state index is -0.930. The first-order chi connectivity index (χ1) is 13.9. The van der Waals surface area contributed by atoms with E-state index in [1.807, 2.05) is 43.3 Å². The van der Waals surface area contributed by atoms with Crippen molar-refractivity contribution in [2.75, 3.05) is 19.0 Å². The number of carbonyl (C=O) groups excluding carboxylic acids is 2. The third kappa shape index (κ3) is 6.80. The SMILES string of the molecule is CNc1ccccc1OC[C@@H](C=O)NC(=O)C(=N)/C=C(\O)Cc1cccc(C)c1.